The highest BCUT2D eigenvalue weighted by atomic mass is 32.3. The Morgan fingerprint density at radius 2 is 1.22 bits per heavy atom. The number of carbonyl (C=O) groups excluding carboxylic acids is 1. The van der Waals surface area contributed by atoms with Gasteiger partial charge in [0.15, 0.2) is 28.2 Å². The van der Waals surface area contributed by atoms with E-state index in [9.17, 15) is 21.6 Å². The summed E-state index contributed by atoms with van der Waals surface area (Å²) in [5.74, 6) is -7.64. The minimum absolute atomic E-state index is 0.000480. The number of para-hydroxylation sites is 2. The number of anilines is 2. The predicted molar refractivity (Wildman–Crippen MR) is 280 cm³/mol. The van der Waals surface area contributed by atoms with Gasteiger partial charge in [-0.2, -0.15) is 0 Å². The van der Waals surface area contributed by atoms with Crippen LogP contribution in [0, 0.1) is 23.3 Å². The molecule has 0 aromatic heterocycles. The monoisotopic (exact) mass is 1040 g/mol. The molecule has 0 radical (unpaired) electrons. The molecule has 0 amide bonds. The topological polar surface area (TPSA) is 135 Å². The number of hydrogen-bond acceptors (Lipinski definition) is 9. The summed E-state index contributed by atoms with van der Waals surface area (Å²) in [5.41, 5.74) is 7.72. The van der Waals surface area contributed by atoms with Crippen molar-refractivity contribution in [2.75, 3.05) is 11.1 Å². The number of ketones is 1. The first kappa shape index (κ1) is 54.0. The van der Waals surface area contributed by atoms with Gasteiger partial charge >= 0.3 is 0 Å². The summed E-state index contributed by atoms with van der Waals surface area (Å²) in [7, 11) is -11.2. The largest absolute Gasteiger partial charge is 0.456 e. The summed E-state index contributed by atoms with van der Waals surface area (Å²) in [5, 5.41) is 4.58. The maximum Gasteiger partial charge on any atom is 0.259 e. The Hall–Kier alpha value is -5.81. The molecule has 2 N–H and O–H groups in total. The molecule has 9 nitrogen and oxygen atoms in total. The number of sulfonamides is 2. The van der Waals surface area contributed by atoms with Crippen LogP contribution in [0.4, 0.5) is 34.6 Å². The zero-order chi connectivity index (χ0) is 52.4. The average Bonchev–Trinajstić information content (AvgIpc) is 3.31. The lowest BCUT2D eigenvalue weighted by molar-refractivity contribution is -0.117. The molecule has 380 valence electrons. The van der Waals surface area contributed by atoms with Crippen LogP contribution in [0.3, 0.4) is 0 Å². The van der Waals surface area contributed by atoms with Crippen LogP contribution in [0.25, 0.3) is 33.4 Å². The first-order valence-corrected chi connectivity index (χ1v) is 27.9. The third kappa shape index (κ3) is 11.4. The van der Waals surface area contributed by atoms with Gasteiger partial charge < -0.3 is 14.5 Å². The van der Waals surface area contributed by atoms with E-state index >= 15 is 17.6 Å². The predicted octanol–water partition coefficient (Wildman–Crippen LogP) is 15.1. The van der Waals surface area contributed by atoms with Gasteiger partial charge in [-0.3, -0.25) is 0 Å². The number of thioether (sulfide) groups is 1. The van der Waals surface area contributed by atoms with Gasteiger partial charge in [-0.15, -0.1) is 15.9 Å². The normalized spacial score (nSPS) is 12.7. The highest BCUT2D eigenvalue weighted by Gasteiger charge is 2.37. The molecule has 2 aliphatic rings. The highest BCUT2D eigenvalue weighted by Crippen LogP contribution is 2.45. The number of nitrogens with zero attached hydrogens (tertiary/aromatic N) is 1. The molecule has 0 unspecified atom stereocenters. The number of rotatable bonds is 19. The van der Waals surface area contributed by atoms with Crippen LogP contribution in [0.5, 0.6) is 0 Å². The molecule has 1 aliphatic heterocycles. The van der Waals surface area contributed by atoms with Crippen molar-refractivity contribution in [1.29, 1.82) is 0 Å². The Balaban J connectivity index is 1.38. The number of Topliss-reactive ketones (excluding diaryl/α,β-unsaturated/α-hetero) is 1. The number of benzene rings is 6. The maximum absolute atomic E-state index is 15.7. The van der Waals surface area contributed by atoms with E-state index in [2.05, 4.69) is 72.8 Å². The lowest BCUT2D eigenvalue weighted by Crippen LogP contribution is -2.33. The molecule has 1 aliphatic carbocycles. The van der Waals surface area contributed by atoms with Crippen LogP contribution < -0.4 is 14.8 Å². The Morgan fingerprint density at radius 1 is 0.639 bits per heavy atom. The van der Waals surface area contributed by atoms with E-state index in [0.717, 1.165) is 39.7 Å². The summed E-state index contributed by atoms with van der Waals surface area (Å²) in [6.07, 6.45) is 1.64. The van der Waals surface area contributed by atoms with Crippen molar-refractivity contribution in [1.82, 2.24) is 4.13 Å². The number of halogens is 4. The van der Waals surface area contributed by atoms with Gasteiger partial charge in [-0.1, -0.05) is 116 Å². The molecule has 1 heterocycles. The van der Waals surface area contributed by atoms with Gasteiger partial charge in [-0.05, 0) is 102 Å². The molecule has 5 aromatic carbocycles. The van der Waals surface area contributed by atoms with Crippen molar-refractivity contribution < 1.29 is 43.6 Å². The molecule has 16 heteroatoms. The van der Waals surface area contributed by atoms with E-state index in [0.29, 0.717) is 76.3 Å². The van der Waals surface area contributed by atoms with Crippen LogP contribution in [0.1, 0.15) is 134 Å². The molecule has 0 atom stereocenters. The van der Waals surface area contributed by atoms with Crippen LogP contribution >= 0.6 is 11.8 Å². The van der Waals surface area contributed by atoms with Gasteiger partial charge in [0.05, 0.1) is 20.8 Å². The molecule has 0 bridgehead atoms. The van der Waals surface area contributed by atoms with Crippen LogP contribution in [0.15, 0.2) is 121 Å². The van der Waals surface area contributed by atoms with Crippen molar-refractivity contribution in [2.24, 2.45) is 4.99 Å². The van der Waals surface area contributed by atoms with E-state index in [1.807, 2.05) is 30.3 Å². The second-order valence-electron chi connectivity index (χ2n) is 19.2. The van der Waals surface area contributed by atoms with Crippen LogP contribution in [-0.4, -0.2) is 28.4 Å². The second-order valence-corrected chi connectivity index (χ2v) is 23.8. The highest BCUT2D eigenvalue weighted by molar-refractivity contribution is 8.04. The van der Waals surface area contributed by atoms with E-state index in [4.69, 9.17) is 9.41 Å². The first-order valence-electron chi connectivity index (χ1n) is 24.0. The SMILES string of the molecule is CC(=O)CCCCCSc1c(F)c(F)c(S(=O)(=O)NS(=O)(=O)c2ccccc2-c2c3ccc(=Nc4c(C(C)C)cccc4C(C)C)cc-3oc3cc(Nc4c(C(C)C)cccc4C(C)C)ccc23)c(F)c1F. The molecule has 0 fully saturated rings. The smallest absolute Gasteiger partial charge is 0.259 e. The lowest BCUT2D eigenvalue weighted by atomic mass is 9.92. The average molecular weight is 1040 g/mol. The maximum atomic E-state index is 15.7. The molecular weight excluding hydrogens is 983 g/mol. The van der Waals surface area contributed by atoms with Crippen LogP contribution in [-0.2, 0) is 24.8 Å². The van der Waals surface area contributed by atoms with Gasteiger partial charge in [0.25, 0.3) is 20.0 Å². The van der Waals surface area contributed by atoms with Crippen molar-refractivity contribution >= 4 is 65.6 Å². The van der Waals surface area contributed by atoms with Crippen molar-refractivity contribution in [3.05, 3.63) is 148 Å². The zero-order valence-corrected chi connectivity index (χ0v) is 44.2. The molecule has 5 aromatic rings. The van der Waals surface area contributed by atoms with E-state index in [-0.39, 0.29) is 40.8 Å². The van der Waals surface area contributed by atoms with Crippen LogP contribution in [0.2, 0.25) is 0 Å². The van der Waals surface area contributed by atoms with Crippen molar-refractivity contribution in [2.45, 2.75) is 126 Å². The summed E-state index contributed by atoms with van der Waals surface area (Å²) in [4.78, 5) is 12.5. The number of nitrogens with one attached hydrogen (secondary N) is 2. The second kappa shape index (κ2) is 22.1. The first-order chi connectivity index (χ1) is 34.0. The van der Waals surface area contributed by atoms with Gasteiger partial charge in [0, 0.05) is 52.0 Å². The van der Waals surface area contributed by atoms with Gasteiger partial charge in [-0.25, -0.2) is 39.4 Å². The Labute approximate surface area is 424 Å². The molecule has 0 saturated carbocycles. The summed E-state index contributed by atoms with van der Waals surface area (Å²) >= 11 is 0.434. The van der Waals surface area contributed by atoms with Gasteiger partial charge in [0.1, 0.15) is 17.1 Å². The standard InChI is InChI=1S/C56H59F4N3O6S3/c1-31(2)38-19-15-20-39(32(3)4)53(38)61-36-24-26-42-45(29-36)69-46-30-37(62-54-40(33(5)6)21-16-22-41(54)34(7)8)25-27-43(46)48(42)44-18-12-13-23-47(44)71(65,66)63-72(67,68)56-51(59)49(57)55(50(58)52(56)60)70-28-14-10-11-17-35(9)64/h12-13,15-16,18-27,29-34,61,63H,10-11,14,17,28H2,1-9H3. The summed E-state index contributed by atoms with van der Waals surface area (Å²) in [6, 6.07) is 28.3. The number of hydrogen-bond donors (Lipinski definition) is 2. The molecule has 7 rings (SSSR count). The number of fused-ring (bicyclic) bond motifs is 2. The third-order valence-corrected chi connectivity index (χ3v) is 17.2. The van der Waals surface area contributed by atoms with E-state index in [1.54, 1.807) is 36.4 Å². The Kier molecular flexibility index (Phi) is 16.6. The molecule has 72 heavy (non-hydrogen) atoms. The lowest BCUT2D eigenvalue weighted by Gasteiger charge is -2.22. The van der Waals surface area contributed by atoms with E-state index < -0.39 is 58.0 Å². The zero-order valence-electron chi connectivity index (χ0n) is 41.7. The number of unbranched alkanes of at least 4 members (excludes halogenated alkanes) is 2. The van der Waals surface area contributed by atoms with Crippen molar-refractivity contribution in [3.63, 3.8) is 0 Å². The Morgan fingerprint density at radius 3 is 1.81 bits per heavy atom. The summed E-state index contributed by atoms with van der Waals surface area (Å²) in [6.45, 7) is 18.2. The van der Waals surface area contributed by atoms with E-state index in [1.165, 1.54) is 23.2 Å². The van der Waals surface area contributed by atoms with Crippen molar-refractivity contribution in [3.8, 4) is 22.5 Å². The minimum atomic E-state index is -5.87. The fraction of sp³-hybridized carbons (Fsp3) is 0.321. The fourth-order valence-corrected chi connectivity index (χ4v) is 13.0. The molecular formula is C56H59F4N3O6S3. The molecule has 0 saturated heterocycles. The number of carbonyl (C=O) groups is 1. The Bertz CT molecular complexity index is 3380. The fourth-order valence-electron chi connectivity index (χ4n) is 8.85. The van der Waals surface area contributed by atoms with Gasteiger partial charge in [0.2, 0.25) is 0 Å². The summed E-state index contributed by atoms with van der Waals surface area (Å²) < 4.78 is 127. The molecule has 0 spiro atoms. The minimum Gasteiger partial charge on any atom is -0.456 e. The third-order valence-electron chi connectivity index (χ3n) is 12.5. The quantitative estimate of drug-likeness (QED) is 0.0269.